The number of ether oxygens (including phenoxy) is 3. The molecule has 1 heterocycles. The van der Waals surface area contributed by atoms with Crippen LogP contribution in [0.5, 0.6) is 0 Å². The van der Waals surface area contributed by atoms with Gasteiger partial charge in [-0.2, -0.15) is 0 Å². The van der Waals surface area contributed by atoms with E-state index in [4.69, 9.17) is 14.2 Å². The fraction of sp³-hybridized carbons (Fsp3) is 0.778. The Labute approximate surface area is 283 Å². The van der Waals surface area contributed by atoms with Crippen molar-refractivity contribution < 1.29 is 28.7 Å². The molecule has 47 heavy (non-hydrogen) atoms. The average Bonchev–Trinajstić information content (AvgIpc) is 3.07. The Morgan fingerprint density at radius 3 is 1.98 bits per heavy atom. The zero-order chi connectivity index (χ0) is 33.8. The number of amides is 2. The molecule has 2 N–H and O–H groups in total. The molecule has 268 valence electrons. The molecule has 2 rings (SSSR count). The Morgan fingerprint density at radius 2 is 1.34 bits per heavy atom. The first kappa shape index (κ1) is 40.6. The zero-order valence-electron chi connectivity index (χ0n) is 29.0. The topological polar surface area (TPSA) is 132 Å². The first-order valence-electron chi connectivity index (χ1n) is 18.3. The maximum atomic E-state index is 13.5. The Balaban J connectivity index is 1.95. The van der Waals surface area contributed by atoms with Gasteiger partial charge in [-0.15, -0.1) is 0 Å². The third-order valence-corrected chi connectivity index (χ3v) is 8.53. The lowest BCUT2D eigenvalue weighted by Gasteiger charge is -2.28. The Hall–Kier alpha value is -2.60. The Bertz CT molecular complexity index is 980. The molecule has 0 aromatic heterocycles. The highest BCUT2D eigenvalue weighted by Gasteiger charge is 2.27. The quantitative estimate of drug-likeness (QED) is 0.110. The number of carbonyl (C=O) groups is 2. The second kappa shape index (κ2) is 27.4. The first-order chi connectivity index (χ1) is 23.0. The van der Waals surface area contributed by atoms with E-state index < -0.39 is 11.0 Å². The second-order valence-corrected chi connectivity index (χ2v) is 12.4. The van der Waals surface area contributed by atoms with Crippen LogP contribution in [0.2, 0.25) is 0 Å². The Morgan fingerprint density at radius 1 is 0.766 bits per heavy atom. The number of hydrogen-bond acceptors (Lipinski definition) is 8. The summed E-state index contributed by atoms with van der Waals surface area (Å²) in [5, 5.41) is 18.0. The molecule has 11 nitrogen and oxygen atoms in total. The van der Waals surface area contributed by atoms with Crippen molar-refractivity contribution in [3.63, 3.8) is 0 Å². The summed E-state index contributed by atoms with van der Waals surface area (Å²) in [6.45, 7) is 6.56. The van der Waals surface area contributed by atoms with E-state index in [1.807, 2.05) is 0 Å². The van der Waals surface area contributed by atoms with Crippen molar-refractivity contribution in [3.8, 4) is 0 Å². The van der Waals surface area contributed by atoms with E-state index in [-0.39, 0.29) is 36.9 Å². The molecule has 0 radical (unpaired) electrons. The van der Waals surface area contributed by atoms with Gasteiger partial charge >= 0.3 is 0 Å². The number of rotatable bonds is 17. The van der Waals surface area contributed by atoms with Gasteiger partial charge < -0.3 is 29.7 Å². The molecule has 1 atom stereocenters. The lowest BCUT2D eigenvalue weighted by atomic mass is 10.0. The Kier molecular flexibility index (Phi) is 23.6. The normalized spacial score (nSPS) is 18.5. The van der Waals surface area contributed by atoms with Crippen LogP contribution in [0.3, 0.4) is 0 Å². The van der Waals surface area contributed by atoms with Crippen molar-refractivity contribution in [2.24, 2.45) is 0 Å². The number of carbonyl (C=O) groups excluding carboxylic acids is 2. The number of unbranched alkanes of at least 4 members (excludes halogenated alkanes) is 13. The van der Waals surface area contributed by atoms with Crippen molar-refractivity contribution in [1.29, 1.82) is 0 Å². The van der Waals surface area contributed by atoms with Crippen LogP contribution in [0.4, 0.5) is 5.69 Å². The summed E-state index contributed by atoms with van der Waals surface area (Å²) in [4.78, 5) is 39.2. The highest BCUT2D eigenvalue weighted by Crippen LogP contribution is 2.29. The third kappa shape index (κ3) is 19.7. The molecular weight excluding hydrogens is 600 g/mol. The minimum Gasteiger partial charge on any atom is -0.378 e. The lowest BCUT2D eigenvalue weighted by Crippen LogP contribution is -2.38. The molecule has 0 aliphatic carbocycles. The minimum absolute atomic E-state index is 0.0289. The van der Waals surface area contributed by atoms with Gasteiger partial charge in [0.25, 0.3) is 5.69 Å². The summed E-state index contributed by atoms with van der Waals surface area (Å²) in [5.41, 5.74) is 0.415. The smallest absolute Gasteiger partial charge is 0.275 e. The van der Waals surface area contributed by atoms with Crippen LogP contribution in [-0.4, -0.2) is 87.4 Å². The highest BCUT2D eigenvalue weighted by molar-refractivity contribution is 5.83. The SMILES string of the molecule is CCCCCCCCCCCCCCCCN1CC(c2ccccc2[N+](=O)[O-])OCCNCCOCCOCCNC(=O)CCC1=O. The van der Waals surface area contributed by atoms with E-state index >= 15 is 0 Å². The molecule has 1 aliphatic heterocycles. The van der Waals surface area contributed by atoms with E-state index in [1.165, 1.54) is 76.7 Å². The average molecular weight is 663 g/mol. The maximum absolute atomic E-state index is 13.5. The van der Waals surface area contributed by atoms with E-state index in [0.29, 0.717) is 64.8 Å². The summed E-state index contributed by atoms with van der Waals surface area (Å²) >= 11 is 0. The molecule has 0 saturated carbocycles. The molecule has 0 spiro atoms. The van der Waals surface area contributed by atoms with Gasteiger partial charge in [0.15, 0.2) is 0 Å². The summed E-state index contributed by atoms with van der Waals surface area (Å²) < 4.78 is 17.3. The number of nitro groups is 1. The number of nitrogens with zero attached hydrogens (tertiary/aromatic N) is 2. The van der Waals surface area contributed by atoms with Gasteiger partial charge in [-0.3, -0.25) is 19.7 Å². The zero-order valence-corrected chi connectivity index (χ0v) is 29.0. The summed E-state index contributed by atoms with van der Waals surface area (Å²) in [6.07, 6.45) is 16.9. The molecule has 1 aromatic carbocycles. The van der Waals surface area contributed by atoms with Crippen molar-refractivity contribution >= 4 is 17.5 Å². The molecule has 1 saturated heterocycles. The highest BCUT2D eigenvalue weighted by atomic mass is 16.6. The molecule has 1 aliphatic rings. The number of hydrogen-bond donors (Lipinski definition) is 2. The van der Waals surface area contributed by atoms with Gasteiger partial charge in [-0.25, -0.2) is 0 Å². The number of nitrogens with one attached hydrogen (secondary N) is 2. The summed E-state index contributed by atoms with van der Waals surface area (Å²) in [5.74, 6) is -0.357. The number of benzene rings is 1. The fourth-order valence-corrected chi connectivity index (χ4v) is 5.78. The van der Waals surface area contributed by atoms with Crippen LogP contribution >= 0.6 is 0 Å². The van der Waals surface area contributed by atoms with E-state index in [0.717, 1.165) is 19.3 Å². The third-order valence-electron chi connectivity index (χ3n) is 8.53. The maximum Gasteiger partial charge on any atom is 0.275 e. The molecule has 11 heteroatoms. The van der Waals surface area contributed by atoms with Crippen molar-refractivity contribution in [3.05, 3.63) is 39.9 Å². The molecular formula is C36H62N4O7. The van der Waals surface area contributed by atoms with E-state index in [1.54, 1.807) is 23.1 Å². The minimum atomic E-state index is -0.679. The van der Waals surface area contributed by atoms with Crippen LogP contribution in [0.1, 0.15) is 121 Å². The van der Waals surface area contributed by atoms with Gasteiger partial charge in [-0.05, 0) is 12.5 Å². The molecule has 0 bridgehead atoms. The molecule has 2 amide bonds. The van der Waals surface area contributed by atoms with Crippen LogP contribution in [-0.2, 0) is 23.8 Å². The van der Waals surface area contributed by atoms with Crippen molar-refractivity contribution in [2.45, 2.75) is 116 Å². The summed E-state index contributed by atoms with van der Waals surface area (Å²) in [6, 6.07) is 6.56. The second-order valence-electron chi connectivity index (χ2n) is 12.4. The molecule has 1 fully saturated rings. The van der Waals surface area contributed by atoms with Crippen LogP contribution in [0, 0.1) is 10.1 Å². The van der Waals surface area contributed by atoms with Gasteiger partial charge in [0, 0.05) is 45.1 Å². The standard InChI is InChI=1S/C36H62N4O7/c1-2-3-4-5-6-7-8-9-10-11-12-13-14-17-25-39-31-34(32-18-15-16-19-33(32)40(43)44)47-28-23-37-22-26-45-29-30-46-27-24-38-35(41)20-21-36(39)42/h15-16,18-19,34,37H,2-14,17,20-31H2,1H3,(H,38,41). The van der Waals surface area contributed by atoms with Crippen LogP contribution in [0.15, 0.2) is 24.3 Å². The number of nitro benzene ring substituents is 1. The number of para-hydroxylation sites is 1. The van der Waals surface area contributed by atoms with Gasteiger partial charge in [0.2, 0.25) is 11.8 Å². The van der Waals surface area contributed by atoms with Gasteiger partial charge in [0.1, 0.15) is 6.10 Å². The summed E-state index contributed by atoms with van der Waals surface area (Å²) in [7, 11) is 0. The van der Waals surface area contributed by atoms with Crippen molar-refractivity contribution in [1.82, 2.24) is 15.5 Å². The van der Waals surface area contributed by atoms with Crippen molar-refractivity contribution in [2.75, 3.05) is 65.8 Å². The van der Waals surface area contributed by atoms with E-state index in [9.17, 15) is 19.7 Å². The fourth-order valence-electron chi connectivity index (χ4n) is 5.78. The lowest BCUT2D eigenvalue weighted by molar-refractivity contribution is -0.386. The van der Waals surface area contributed by atoms with Crippen LogP contribution in [0.25, 0.3) is 0 Å². The van der Waals surface area contributed by atoms with E-state index in [2.05, 4.69) is 17.6 Å². The largest absolute Gasteiger partial charge is 0.378 e. The molecule has 1 aromatic rings. The van der Waals surface area contributed by atoms with Gasteiger partial charge in [0.05, 0.1) is 50.1 Å². The predicted molar refractivity (Wildman–Crippen MR) is 185 cm³/mol. The van der Waals surface area contributed by atoms with Gasteiger partial charge in [-0.1, -0.05) is 103 Å². The molecule has 1 unspecified atom stereocenters. The monoisotopic (exact) mass is 662 g/mol. The predicted octanol–water partition coefficient (Wildman–Crippen LogP) is 6.50. The van der Waals surface area contributed by atoms with Crippen LogP contribution < -0.4 is 10.6 Å². The first-order valence-corrected chi connectivity index (χ1v) is 18.3.